The number of hydrogen-bond donors (Lipinski definition) is 0. The zero-order valence-corrected chi connectivity index (χ0v) is 9.65. The maximum Gasteiger partial charge on any atom is 0.586 e. The van der Waals surface area contributed by atoms with Gasteiger partial charge in [-0.05, 0) is 6.07 Å². The molecule has 6 nitrogen and oxygen atoms in total. The van der Waals surface area contributed by atoms with Crippen molar-refractivity contribution < 1.29 is 23.2 Å². The Labute approximate surface area is 108 Å². The average molecular weight is 289 g/mol. The van der Waals surface area contributed by atoms with Gasteiger partial charge >= 0.3 is 12.0 Å². The lowest BCUT2D eigenvalue weighted by Gasteiger charge is -2.04. The SMILES string of the molecule is O=[N+]([O-])c1cnc2cc3c(cc2c1Cl)OC(F)(F)O3. The van der Waals surface area contributed by atoms with Crippen LogP contribution in [0.25, 0.3) is 10.9 Å². The second-order valence-corrected chi connectivity index (χ2v) is 4.08. The Hall–Kier alpha value is -2.22. The minimum absolute atomic E-state index is 0.135. The molecule has 98 valence electrons. The lowest BCUT2D eigenvalue weighted by atomic mass is 10.2. The van der Waals surface area contributed by atoms with Crippen molar-refractivity contribution in [3.8, 4) is 11.5 Å². The topological polar surface area (TPSA) is 74.5 Å². The molecule has 0 bridgehead atoms. The molecule has 9 heteroatoms. The Morgan fingerprint density at radius 1 is 1.32 bits per heavy atom. The summed E-state index contributed by atoms with van der Waals surface area (Å²) >= 11 is 5.84. The van der Waals surface area contributed by atoms with E-state index < -0.39 is 16.9 Å². The number of aromatic nitrogens is 1. The third kappa shape index (κ3) is 1.80. The highest BCUT2D eigenvalue weighted by atomic mass is 35.5. The van der Waals surface area contributed by atoms with Gasteiger partial charge in [0.1, 0.15) is 11.2 Å². The Kier molecular flexibility index (Phi) is 2.27. The summed E-state index contributed by atoms with van der Waals surface area (Å²) in [6, 6.07) is 2.31. The second-order valence-electron chi connectivity index (χ2n) is 3.70. The van der Waals surface area contributed by atoms with Gasteiger partial charge in [-0.3, -0.25) is 10.1 Å². The van der Waals surface area contributed by atoms with Gasteiger partial charge in [-0.25, -0.2) is 4.98 Å². The van der Waals surface area contributed by atoms with Crippen molar-refractivity contribution in [1.29, 1.82) is 0 Å². The highest BCUT2D eigenvalue weighted by molar-refractivity contribution is 6.37. The summed E-state index contributed by atoms with van der Waals surface area (Å²) in [7, 11) is 0. The molecule has 0 atom stereocenters. The molecule has 0 saturated heterocycles. The van der Waals surface area contributed by atoms with Crippen LogP contribution in [0.15, 0.2) is 18.3 Å². The summed E-state index contributed by atoms with van der Waals surface area (Å²) < 4.78 is 34.3. The van der Waals surface area contributed by atoms with Gasteiger partial charge in [-0.1, -0.05) is 11.6 Å². The number of rotatable bonds is 1. The predicted molar refractivity (Wildman–Crippen MR) is 59.6 cm³/mol. The summed E-state index contributed by atoms with van der Waals surface area (Å²) in [6.07, 6.45) is -2.82. The summed E-state index contributed by atoms with van der Waals surface area (Å²) in [4.78, 5) is 13.8. The molecule has 0 saturated carbocycles. The number of alkyl halides is 2. The number of nitro groups is 1. The molecule has 1 aromatic carbocycles. The van der Waals surface area contributed by atoms with Crippen molar-refractivity contribution in [3.05, 3.63) is 33.5 Å². The number of hydrogen-bond acceptors (Lipinski definition) is 5. The molecular weight excluding hydrogens is 286 g/mol. The van der Waals surface area contributed by atoms with E-state index in [2.05, 4.69) is 14.5 Å². The molecule has 0 aliphatic carbocycles. The monoisotopic (exact) mass is 288 g/mol. The molecule has 19 heavy (non-hydrogen) atoms. The number of benzene rings is 1. The van der Waals surface area contributed by atoms with Crippen LogP contribution < -0.4 is 9.47 Å². The van der Waals surface area contributed by atoms with Gasteiger partial charge in [0, 0.05) is 11.5 Å². The van der Waals surface area contributed by atoms with Gasteiger partial charge in [-0.15, -0.1) is 8.78 Å². The summed E-state index contributed by atoms with van der Waals surface area (Å²) in [5.41, 5.74) is -0.226. The highest BCUT2D eigenvalue weighted by Crippen LogP contribution is 2.45. The Balaban J connectivity index is 2.25. The molecular formula is C10H3ClF2N2O4. The van der Waals surface area contributed by atoms with E-state index in [4.69, 9.17) is 11.6 Å². The van der Waals surface area contributed by atoms with Crippen molar-refractivity contribution in [2.24, 2.45) is 0 Å². The first-order valence-electron chi connectivity index (χ1n) is 4.90. The van der Waals surface area contributed by atoms with Gasteiger partial charge < -0.3 is 9.47 Å². The first-order chi connectivity index (χ1) is 8.87. The quantitative estimate of drug-likeness (QED) is 0.595. The Morgan fingerprint density at radius 2 is 1.95 bits per heavy atom. The van der Waals surface area contributed by atoms with Crippen molar-refractivity contribution in [2.75, 3.05) is 0 Å². The molecule has 3 rings (SSSR count). The largest absolute Gasteiger partial charge is 0.586 e. The van der Waals surface area contributed by atoms with E-state index >= 15 is 0 Å². The van der Waals surface area contributed by atoms with Gasteiger partial charge in [0.15, 0.2) is 11.5 Å². The fourth-order valence-electron chi connectivity index (χ4n) is 1.72. The number of nitrogens with zero attached hydrogens (tertiary/aromatic N) is 2. The van der Waals surface area contributed by atoms with Crippen molar-refractivity contribution in [1.82, 2.24) is 4.98 Å². The molecule has 0 amide bonds. The molecule has 1 aliphatic rings. The smallest absolute Gasteiger partial charge is 0.395 e. The van der Waals surface area contributed by atoms with Crippen LogP contribution in [0.3, 0.4) is 0 Å². The van der Waals surface area contributed by atoms with E-state index in [1.54, 1.807) is 0 Å². The molecule has 0 unspecified atom stereocenters. The van der Waals surface area contributed by atoms with E-state index in [0.717, 1.165) is 12.3 Å². The summed E-state index contributed by atoms with van der Waals surface area (Å²) in [5, 5.41) is 10.6. The third-order valence-corrected chi connectivity index (χ3v) is 2.90. The summed E-state index contributed by atoms with van der Waals surface area (Å²) in [6.45, 7) is 0. The zero-order valence-electron chi connectivity index (χ0n) is 8.89. The number of halogens is 3. The Bertz CT molecular complexity index is 722. The molecule has 2 aromatic rings. The van der Waals surface area contributed by atoms with Crippen molar-refractivity contribution in [2.45, 2.75) is 6.29 Å². The minimum atomic E-state index is -3.77. The van der Waals surface area contributed by atoms with Crippen molar-refractivity contribution in [3.63, 3.8) is 0 Å². The first kappa shape index (κ1) is 11.8. The fraction of sp³-hybridized carbons (Fsp3) is 0.100. The van der Waals surface area contributed by atoms with Crippen LogP contribution >= 0.6 is 11.6 Å². The van der Waals surface area contributed by atoms with E-state index in [-0.39, 0.29) is 27.4 Å². The summed E-state index contributed by atoms with van der Waals surface area (Å²) in [5.74, 6) is -0.448. The van der Waals surface area contributed by atoms with Crippen LogP contribution in [0.5, 0.6) is 11.5 Å². The average Bonchev–Trinajstić information content (AvgIpc) is 2.59. The van der Waals surface area contributed by atoms with E-state index in [1.807, 2.05) is 0 Å². The number of pyridine rings is 1. The normalized spacial score (nSPS) is 15.7. The van der Waals surface area contributed by atoms with Gasteiger partial charge in [0.05, 0.1) is 10.4 Å². The van der Waals surface area contributed by atoms with Gasteiger partial charge in [0.2, 0.25) is 0 Å². The van der Waals surface area contributed by atoms with Crippen LogP contribution in [0, 0.1) is 10.1 Å². The highest BCUT2D eigenvalue weighted by Gasteiger charge is 2.43. The molecule has 1 aromatic heterocycles. The zero-order chi connectivity index (χ0) is 13.8. The van der Waals surface area contributed by atoms with Gasteiger partial charge in [-0.2, -0.15) is 0 Å². The first-order valence-corrected chi connectivity index (χ1v) is 5.28. The lowest BCUT2D eigenvalue weighted by molar-refractivity contribution is -0.384. The van der Waals surface area contributed by atoms with Crippen LogP contribution in [0.2, 0.25) is 5.02 Å². The molecule has 0 spiro atoms. The Morgan fingerprint density at radius 3 is 2.58 bits per heavy atom. The van der Waals surface area contributed by atoms with Crippen LogP contribution in [0.1, 0.15) is 0 Å². The van der Waals surface area contributed by atoms with Crippen LogP contribution in [-0.4, -0.2) is 16.2 Å². The van der Waals surface area contributed by atoms with E-state index in [9.17, 15) is 18.9 Å². The maximum atomic E-state index is 12.9. The lowest BCUT2D eigenvalue weighted by Crippen LogP contribution is -2.25. The molecule has 2 heterocycles. The predicted octanol–water partition coefficient (Wildman–Crippen LogP) is 3.12. The van der Waals surface area contributed by atoms with Crippen LogP contribution in [0.4, 0.5) is 14.5 Å². The van der Waals surface area contributed by atoms with E-state index in [1.165, 1.54) is 6.07 Å². The second kappa shape index (κ2) is 3.64. The van der Waals surface area contributed by atoms with Crippen LogP contribution in [-0.2, 0) is 0 Å². The van der Waals surface area contributed by atoms with Crippen molar-refractivity contribution >= 4 is 28.2 Å². The van der Waals surface area contributed by atoms with Gasteiger partial charge in [0.25, 0.3) is 0 Å². The minimum Gasteiger partial charge on any atom is -0.395 e. The van der Waals surface area contributed by atoms with E-state index in [0.29, 0.717) is 0 Å². The maximum absolute atomic E-state index is 12.9. The molecule has 0 radical (unpaired) electrons. The molecule has 0 N–H and O–H groups in total. The standard InChI is InChI=1S/C10H3ClF2N2O4/c11-9-4-1-7-8(19-10(12,13)18-7)2-5(4)14-3-6(9)15(16)17/h1-3H. The fourth-order valence-corrected chi connectivity index (χ4v) is 1.99. The molecule has 1 aliphatic heterocycles. The number of ether oxygens (including phenoxy) is 2. The third-order valence-electron chi connectivity index (χ3n) is 2.50. The number of fused-ring (bicyclic) bond motifs is 2. The molecule has 0 fully saturated rings.